The molecule has 4 rings (SSSR count). The molecule has 9 heteroatoms. The van der Waals surface area contributed by atoms with Gasteiger partial charge in [0.1, 0.15) is 11.4 Å². The van der Waals surface area contributed by atoms with Crippen molar-refractivity contribution in [3.05, 3.63) is 60.0 Å². The zero-order valence-corrected chi connectivity index (χ0v) is 15.5. The number of amides is 1. The Morgan fingerprint density at radius 2 is 2.00 bits per heavy atom. The molecular formula is C20H16F2N4O3. The molecule has 0 bridgehead atoms. The number of carbonyl (C=O) groups excluding carboxylic acids is 1. The Morgan fingerprint density at radius 1 is 1.24 bits per heavy atom. The predicted molar refractivity (Wildman–Crippen MR) is 102 cm³/mol. The number of carbonyl (C=O) groups is 1. The summed E-state index contributed by atoms with van der Waals surface area (Å²) in [5, 5.41) is 7.74. The van der Waals surface area contributed by atoms with Crippen molar-refractivity contribution in [1.82, 2.24) is 14.8 Å². The lowest BCUT2D eigenvalue weighted by molar-refractivity contribution is -0.0498. The van der Waals surface area contributed by atoms with Crippen LogP contribution in [0.5, 0.6) is 5.75 Å². The van der Waals surface area contributed by atoms with Gasteiger partial charge >= 0.3 is 6.61 Å². The van der Waals surface area contributed by atoms with Crippen molar-refractivity contribution in [2.45, 2.75) is 13.5 Å². The third-order valence-corrected chi connectivity index (χ3v) is 4.32. The number of rotatable bonds is 5. The van der Waals surface area contributed by atoms with Gasteiger partial charge in [-0.1, -0.05) is 0 Å². The van der Waals surface area contributed by atoms with Gasteiger partial charge in [0.15, 0.2) is 11.4 Å². The third kappa shape index (κ3) is 3.66. The summed E-state index contributed by atoms with van der Waals surface area (Å²) >= 11 is 0. The molecule has 0 fully saturated rings. The maximum absolute atomic E-state index is 13.0. The zero-order valence-electron chi connectivity index (χ0n) is 15.5. The molecule has 0 saturated heterocycles. The lowest BCUT2D eigenvalue weighted by atomic mass is 10.1. The highest BCUT2D eigenvalue weighted by Gasteiger charge is 2.20. The number of furan rings is 1. The summed E-state index contributed by atoms with van der Waals surface area (Å²) in [7, 11) is 1.75. The average Bonchev–Trinajstić information content (AvgIpc) is 3.31. The lowest BCUT2D eigenvalue weighted by Crippen LogP contribution is -2.13. The van der Waals surface area contributed by atoms with Gasteiger partial charge in [-0.05, 0) is 49.4 Å². The van der Waals surface area contributed by atoms with E-state index in [1.54, 1.807) is 36.9 Å². The van der Waals surface area contributed by atoms with E-state index < -0.39 is 6.61 Å². The molecule has 0 aliphatic heterocycles. The molecule has 29 heavy (non-hydrogen) atoms. The number of halogens is 2. The molecule has 0 aliphatic rings. The zero-order chi connectivity index (χ0) is 20.5. The molecule has 3 aromatic heterocycles. The van der Waals surface area contributed by atoms with Gasteiger partial charge in [0.05, 0.1) is 22.9 Å². The van der Waals surface area contributed by atoms with Gasteiger partial charge in [-0.15, -0.1) is 0 Å². The monoisotopic (exact) mass is 398 g/mol. The van der Waals surface area contributed by atoms with Crippen LogP contribution in [-0.2, 0) is 7.05 Å². The summed E-state index contributed by atoms with van der Waals surface area (Å²) in [6, 6.07) is 10.8. The van der Waals surface area contributed by atoms with Crippen LogP contribution in [0.2, 0.25) is 0 Å². The largest absolute Gasteiger partial charge is 0.463 e. The van der Waals surface area contributed by atoms with Gasteiger partial charge < -0.3 is 14.5 Å². The normalized spacial score (nSPS) is 11.2. The molecule has 148 valence electrons. The van der Waals surface area contributed by atoms with Crippen LogP contribution in [0.3, 0.4) is 0 Å². The first kappa shape index (κ1) is 18.6. The second kappa shape index (κ2) is 7.34. The van der Waals surface area contributed by atoms with Crippen LogP contribution < -0.4 is 10.1 Å². The van der Waals surface area contributed by atoms with Gasteiger partial charge in [0.2, 0.25) is 0 Å². The van der Waals surface area contributed by atoms with E-state index in [9.17, 15) is 13.6 Å². The van der Waals surface area contributed by atoms with Gasteiger partial charge in [0.25, 0.3) is 5.91 Å². The van der Waals surface area contributed by atoms with Crippen LogP contribution in [0.15, 0.2) is 53.1 Å². The molecule has 0 radical (unpaired) electrons. The summed E-state index contributed by atoms with van der Waals surface area (Å²) in [4.78, 5) is 17.6. The Labute approximate surface area is 163 Å². The Morgan fingerprint density at radius 3 is 2.66 bits per heavy atom. The van der Waals surface area contributed by atoms with Crippen molar-refractivity contribution in [3.63, 3.8) is 0 Å². The van der Waals surface area contributed by atoms with Crippen molar-refractivity contribution < 1.29 is 22.7 Å². The third-order valence-electron chi connectivity index (χ3n) is 4.32. The molecule has 3 heterocycles. The number of nitrogens with one attached hydrogen (secondary N) is 1. The Balaban J connectivity index is 1.71. The van der Waals surface area contributed by atoms with Crippen LogP contribution in [0, 0.1) is 6.92 Å². The number of fused-ring (bicyclic) bond motifs is 1. The standard InChI is InChI=1S/C20H16F2N4O3/c1-11-17-14(19(27)23-12-5-7-13(8-6-12)29-20(21)22)10-15(16-4-3-9-28-16)24-18(17)26(2)25-11/h3-10,20H,1-2H3,(H,23,27). The predicted octanol–water partition coefficient (Wildman–Crippen LogP) is 4.39. The molecule has 1 N–H and O–H groups in total. The summed E-state index contributed by atoms with van der Waals surface area (Å²) in [5.74, 6) is 0.143. The van der Waals surface area contributed by atoms with E-state index in [1.165, 1.54) is 30.5 Å². The molecule has 7 nitrogen and oxygen atoms in total. The Hall–Kier alpha value is -3.75. The molecular weight excluding hydrogens is 382 g/mol. The van der Waals surface area contributed by atoms with E-state index in [1.807, 2.05) is 0 Å². The fourth-order valence-electron chi connectivity index (χ4n) is 3.09. The van der Waals surface area contributed by atoms with Crippen LogP contribution in [-0.4, -0.2) is 27.3 Å². The van der Waals surface area contributed by atoms with Gasteiger partial charge in [0, 0.05) is 12.7 Å². The lowest BCUT2D eigenvalue weighted by Gasteiger charge is -2.09. The van der Waals surface area contributed by atoms with Crippen LogP contribution in [0.4, 0.5) is 14.5 Å². The topological polar surface area (TPSA) is 82.2 Å². The van der Waals surface area contributed by atoms with Gasteiger partial charge in [-0.3, -0.25) is 9.48 Å². The van der Waals surface area contributed by atoms with E-state index in [0.717, 1.165) is 0 Å². The fourth-order valence-corrected chi connectivity index (χ4v) is 3.09. The van der Waals surface area contributed by atoms with Crippen molar-refractivity contribution in [2.75, 3.05) is 5.32 Å². The smallest absolute Gasteiger partial charge is 0.387 e. The molecule has 0 saturated carbocycles. The van der Waals surface area contributed by atoms with Crippen LogP contribution in [0.25, 0.3) is 22.5 Å². The first-order valence-corrected chi connectivity index (χ1v) is 8.67. The highest BCUT2D eigenvalue weighted by molar-refractivity contribution is 6.13. The minimum absolute atomic E-state index is 0.00695. The summed E-state index contributed by atoms with van der Waals surface area (Å²) < 4.78 is 35.9. The molecule has 0 unspecified atom stereocenters. The van der Waals surface area contributed by atoms with E-state index in [0.29, 0.717) is 39.4 Å². The average molecular weight is 398 g/mol. The van der Waals surface area contributed by atoms with E-state index in [-0.39, 0.29) is 11.7 Å². The number of pyridine rings is 1. The number of ether oxygens (including phenoxy) is 1. The van der Waals surface area contributed by atoms with E-state index >= 15 is 0 Å². The highest BCUT2D eigenvalue weighted by Crippen LogP contribution is 2.28. The quantitative estimate of drug-likeness (QED) is 0.539. The van der Waals surface area contributed by atoms with Crippen molar-refractivity contribution in [2.24, 2.45) is 7.05 Å². The van der Waals surface area contributed by atoms with E-state index in [4.69, 9.17) is 4.42 Å². The van der Waals surface area contributed by atoms with Gasteiger partial charge in [-0.25, -0.2) is 4.98 Å². The molecule has 0 aliphatic carbocycles. The number of hydrogen-bond acceptors (Lipinski definition) is 5. The molecule has 1 amide bonds. The van der Waals surface area contributed by atoms with Crippen LogP contribution in [0.1, 0.15) is 16.1 Å². The first-order valence-electron chi connectivity index (χ1n) is 8.67. The molecule has 1 aromatic carbocycles. The second-order valence-corrected chi connectivity index (χ2v) is 6.30. The van der Waals surface area contributed by atoms with Crippen molar-refractivity contribution >= 4 is 22.6 Å². The number of nitrogens with zero attached hydrogens (tertiary/aromatic N) is 3. The number of aromatic nitrogens is 3. The SMILES string of the molecule is Cc1nn(C)c2nc(-c3ccco3)cc(C(=O)Nc3ccc(OC(F)F)cc3)c12. The van der Waals surface area contributed by atoms with Crippen LogP contribution >= 0.6 is 0 Å². The highest BCUT2D eigenvalue weighted by atomic mass is 19.3. The molecule has 0 spiro atoms. The fraction of sp³-hybridized carbons (Fsp3) is 0.150. The minimum atomic E-state index is -2.91. The number of anilines is 1. The van der Waals surface area contributed by atoms with Crippen molar-refractivity contribution in [1.29, 1.82) is 0 Å². The Bertz CT molecular complexity index is 1170. The molecule has 0 atom stereocenters. The Kier molecular flexibility index (Phi) is 4.71. The van der Waals surface area contributed by atoms with E-state index in [2.05, 4.69) is 20.1 Å². The first-order chi connectivity index (χ1) is 13.9. The number of aryl methyl sites for hydroxylation is 2. The number of alkyl halides is 2. The summed E-state index contributed by atoms with van der Waals surface area (Å²) in [5.41, 5.74) is 2.51. The number of hydrogen-bond donors (Lipinski definition) is 1. The minimum Gasteiger partial charge on any atom is -0.463 e. The maximum atomic E-state index is 13.0. The molecule has 4 aromatic rings. The van der Waals surface area contributed by atoms with Gasteiger partial charge in [-0.2, -0.15) is 13.9 Å². The number of benzene rings is 1. The van der Waals surface area contributed by atoms with Crippen molar-refractivity contribution in [3.8, 4) is 17.2 Å². The summed E-state index contributed by atoms with van der Waals surface area (Å²) in [6.45, 7) is -1.11. The maximum Gasteiger partial charge on any atom is 0.387 e. The summed E-state index contributed by atoms with van der Waals surface area (Å²) in [6.07, 6.45) is 1.53. The second-order valence-electron chi connectivity index (χ2n) is 6.30.